The van der Waals surface area contributed by atoms with E-state index in [1.54, 1.807) is 0 Å². The van der Waals surface area contributed by atoms with Gasteiger partial charge in [0.1, 0.15) is 12.4 Å². The molecule has 0 aliphatic heterocycles. The summed E-state index contributed by atoms with van der Waals surface area (Å²) >= 11 is 0. The van der Waals surface area contributed by atoms with E-state index in [0.717, 1.165) is 12.2 Å². The fraction of sp³-hybridized carbons (Fsp3) is 0.571. The molecule has 0 N–H and O–H groups in total. The predicted octanol–water partition coefficient (Wildman–Crippen LogP) is 3.87. The molecule has 0 aromatic heterocycles. The van der Waals surface area contributed by atoms with Crippen LogP contribution in [0.25, 0.3) is 0 Å². The second-order valence-electron chi connectivity index (χ2n) is 5.20. The van der Waals surface area contributed by atoms with Gasteiger partial charge in [-0.25, -0.2) is 0 Å². The van der Waals surface area contributed by atoms with Gasteiger partial charge >= 0.3 is 0 Å². The second-order valence-corrected chi connectivity index (χ2v) is 9.72. The van der Waals surface area contributed by atoms with Gasteiger partial charge in [0.25, 0.3) is 0 Å². The SMILES string of the molecule is CCCc1ccc(OCCO[Si](C)(C)C)cc1. The van der Waals surface area contributed by atoms with E-state index in [-0.39, 0.29) is 0 Å². The van der Waals surface area contributed by atoms with E-state index in [9.17, 15) is 0 Å². The summed E-state index contributed by atoms with van der Waals surface area (Å²) in [4.78, 5) is 0. The minimum atomic E-state index is -1.40. The average molecular weight is 252 g/mol. The Morgan fingerprint density at radius 2 is 1.65 bits per heavy atom. The second kappa shape index (κ2) is 6.82. The molecule has 0 bridgehead atoms. The highest BCUT2D eigenvalue weighted by Gasteiger charge is 2.13. The van der Waals surface area contributed by atoms with Crippen molar-refractivity contribution in [2.75, 3.05) is 13.2 Å². The number of ether oxygens (including phenoxy) is 1. The standard InChI is InChI=1S/C14H24O2Si/c1-5-6-13-7-9-14(10-8-13)15-11-12-16-17(2,3)4/h7-10H,5-6,11-12H2,1-4H3. The van der Waals surface area contributed by atoms with Crippen LogP contribution in [0.15, 0.2) is 24.3 Å². The Hall–Kier alpha value is -0.803. The molecule has 1 rings (SSSR count). The van der Waals surface area contributed by atoms with Crippen LogP contribution in [-0.4, -0.2) is 21.5 Å². The van der Waals surface area contributed by atoms with Crippen LogP contribution in [0.5, 0.6) is 5.75 Å². The molecule has 3 heteroatoms. The lowest BCUT2D eigenvalue weighted by Gasteiger charge is -2.17. The smallest absolute Gasteiger partial charge is 0.183 e. The molecule has 0 radical (unpaired) electrons. The number of hydrogen-bond acceptors (Lipinski definition) is 2. The first kappa shape index (κ1) is 14.3. The lowest BCUT2D eigenvalue weighted by atomic mass is 10.1. The van der Waals surface area contributed by atoms with Crippen LogP contribution in [0.4, 0.5) is 0 Å². The minimum absolute atomic E-state index is 0.636. The number of rotatable bonds is 7. The van der Waals surface area contributed by atoms with Crippen LogP contribution in [0.2, 0.25) is 19.6 Å². The summed E-state index contributed by atoms with van der Waals surface area (Å²) in [6.07, 6.45) is 2.32. The van der Waals surface area contributed by atoms with Gasteiger partial charge in [-0.1, -0.05) is 25.5 Å². The maximum Gasteiger partial charge on any atom is 0.183 e. The maximum absolute atomic E-state index is 5.73. The highest BCUT2D eigenvalue weighted by Crippen LogP contribution is 2.13. The molecule has 0 saturated carbocycles. The van der Waals surface area contributed by atoms with Crippen molar-refractivity contribution in [1.82, 2.24) is 0 Å². The normalized spacial score (nSPS) is 11.5. The Morgan fingerprint density at radius 3 is 2.18 bits per heavy atom. The molecule has 1 aromatic carbocycles. The Bertz CT molecular complexity index is 314. The van der Waals surface area contributed by atoms with Crippen molar-refractivity contribution in [1.29, 1.82) is 0 Å². The van der Waals surface area contributed by atoms with Gasteiger partial charge in [-0.15, -0.1) is 0 Å². The summed E-state index contributed by atoms with van der Waals surface area (Å²) in [7, 11) is -1.40. The van der Waals surface area contributed by atoms with Gasteiger partial charge in [-0.3, -0.25) is 0 Å². The molecule has 0 heterocycles. The van der Waals surface area contributed by atoms with Gasteiger partial charge in [-0.05, 0) is 43.8 Å². The topological polar surface area (TPSA) is 18.5 Å². The minimum Gasteiger partial charge on any atom is -0.491 e. The maximum atomic E-state index is 5.73. The van der Waals surface area contributed by atoms with Crippen LogP contribution < -0.4 is 4.74 Å². The summed E-state index contributed by atoms with van der Waals surface area (Å²) < 4.78 is 11.4. The zero-order chi connectivity index (χ0) is 12.7. The summed E-state index contributed by atoms with van der Waals surface area (Å²) in [5, 5.41) is 0. The number of benzene rings is 1. The highest BCUT2D eigenvalue weighted by molar-refractivity contribution is 6.69. The Labute approximate surface area is 106 Å². The molecule has 0 spiro atoms. The van der Waals surface area contributed by atoms with Crippen molar-refractivity contribution in [3.05, 3.63) is 29.8 Å². The molecule has 0 unspecified atom stereocenters. The molecule has 0 aliphatic carbocycles. The monoisotopic (exact) mass is 252 g/mol. The first-order valence-electron chi connectivity index (χ1n) is 6.37. The van der Waals surface area contributed by atoms with Gasteiger partial charge in [0.15, 0.2) is 8.32 Å². The Morgan fingerprint density at radius 1 is 1.00 bits per heavy atom. The first-order valence-corrected chi connectivity index (χ1v) is 9.78. The molecule has 0 aliphatic rings. The first-order chi connectivity index (χ1) is 8.01. The van der Waals surface area contributed by atoms with Crippen molar-refractivity contribution < 1.29 is 9.16 Å². The van der Waals surface area contributed by atoms with Gasteiger partial charge in [0.05, 0.1) is 6.61 Å². The van der Waals surface area contributed by atoms with Gasteiger partial charge in [0, 0.05) is 0 Å². The third-order valence-electron chi connectivity index (χ3n) is 2.35. The van der Waals surface area contributed by atoms with Crippen LogP contribution in [0, 0.1) is 0 Å². The zero-order valence-electron chi connectivity index (χ0n) is 11.5. The average Bonchev–Trinajstić information content (AvgIpc) is 2.26. The predicted molar refractivity (Wildman–Crippen MR) is 75.2 cm³/mol. The van der Waals surface area contributed by atoms with Crippen LogP contribution in [-0.2, 0) is 10.8 Å². The fourth-order valence-corrected chi connectivity index (χ4v) is 2.24. The molecular formula is C14H24O2Si. The van der Waals surface area contributed by atoms with E-state index in [4.69, 9.17) is 9.16 Å². The van der Waals surface area contributed by atoms with Gasteiger partial charge in [-0.2, -0.15) is 0 Å². The van der Waals surface area contributed by atoms with Gasteiger partial charge in [0.2, 0.25) is 0 Å². The highest BCUT2D eigenvalue weighted by atomic mass is 28.4. The van der Waals surface area contributed by atoms with Crippen LogP contribution in [0.3, 0.4) is 0 Å². The third-order valence-corrected chi connectivity index (χ3v) is 3.42. The largest absolute Gasteiger partial charge is 0.491 e. The van der Waals surface area contributed by atoms with E-state index >= 15 is 0 Å². The Kier molecular flexibility index (Phi) is 5.72. The number of aryl methyl sites for hydroxylation is 1. The molecule has 0 atom stereocenters. The molecule has 17 heavy (non-hydrogen) atoms. The van der Waals surface area contributed by atoms with E-state index in [1.807, 2.05) is 12.1 Å². The molecule has 0 saturated heterocycles. The summed E-state index contributed by atoms with van der Waals surface area (Å²) in [5.41, 5.74) is 1.37. The fourth-order valence-electron chi connectivity index (χ4n) is 1.55. The quantitative estimate of drug-likeness (QED) is 0.542. The molecule has 1 aromatic rings. The van der Waals surface area contributed by atoms with Crippen molar-refractivity contribution in [2.24, 2.45) is 0 Å². The van der Waals surface area contributed by atoms with Crippen LogP contribution in [0.1, 0.15) is 18.9 Å². The van der Waals surface area contributed by atoms with Crippen molar-refractivity contribution in [3.8, 4) is 5.75 Å². The molecular weight excluding hydrogens is 228 g/mol. The lowest BCUT2D eigenvalue weighted by molar-refractivity contribution is 0.212. The van der Waals surface area contributed by atoms with Crippen molar-refractivity contribution in [2.45, 2.75) is 39.4 Å². The molecule has 0 amide bonds. The molecule has 2 nitrogen and oxygen atoms in total. The van der Waals surface area contributed by atoms with Crippen LogP contribution >= 0.6 is 0 Å². The number of hydrogen-bond donors (Lipinski definition) is 0. The van der Waals surface area contributed by atoms with Gasteiger partial charge < -0.3 is 9.16 Å². The molecule has 96 valence electrons. The summed E-state index contributed by atoms with van der Waals surface area (Å²) in [6.45, 7) is 10.1. The van der Waals surface area contributed by atoms with Crippen molar-refractivity contribution in [3.63, 3.8) is 0 Å². The Balaban J connectivity index is 2.27. The third kappa shape index (κ3) is 6.49. The summed E-state index contributed by atoms with van der Waals surface area (Å²) in [6, 6.07) is 8.36. The molecule has 0 fully saturated rings. The van der Waals surface area contributed by atoms with Crippen molar-refractivity contribution >= 4 is 8.32 Å². The lowest BCUT2D eigenvalue weighted by Crippen LogP contribution is -2.27. The summed E-state index contributed by atoms with van der Waals surface area (Å²) in [5.74, 6) is 0.934. The van der Waals surface area contributed by atoms with E-state index in [1.165, 1.54) is 12.0 Å². The van der Waals surface area contributed by atoms with E-state index in [0.29, 0.717) is 13.2 Å². The van der Waals surface area contributed by atoms with E-state index in [2.05, 4.69) is 38.7 Å². The zero-order valence-corrected chi connectivity index (χ0v) is 12.5. The van der Waals surface area contributed by atoms with E-state index < -0.39 is 8.32 Å².